The molecular weight excluding hydrogens is 228 g/mol. The number of aliphatic carboxylic acids is 1. The van der Waals surface area contributed by atoms with Crippen LogP contribution in [0, 0.1) is 5.92 Å². The van der Waals surface area contributed by atoms with Crippen molar-refractivity contribution in [2.75, 3.05) is 0 Å². The topological polar surface area (TPSA) is 97.7 Å². The number of hydrogen-bond acceptors (Lipinski definition) is 5. The number of carboxylic acid groups (broad SMARTS) is 1. The third kappa shape index (κ3) is 2.25. The Morgan fingerprint density at radius 3 is 2.29 bits per heavy atom. The van der Waals surface area contributed by atoms with E-state index in [1.807, 2.05) is 0 Å². The van der Waals surface area contributed by atoms with Crippen molar-refractivity contribution in [1.82, 2.24) is 0 Å². The lowest BCUT2D eigenvalue weighted by Gasteiger charge is -2.21. The standard InChI is InChI=1S/C11H12O6/c1-3-5(12)7-9(13)8(10(14)15)6(4-2)17-11(7)16/h7H,3-4H2,1-2H3,(H,14,15). The smallest absolute Gasteiger partial charge is 0.342 e. The summed E-state index contributed by atoms with van der Waals surface area (Å²) in [5, 5.41) is 8.89. The summed E-state index contributed by atoms with van der Waals surface area (Å²) in [5.74, 6) is -5.88. The van der Waals surface area contributed by atoms with Crippen LogP contribution in [-0.4, -0.2) is 28.6 Å². The number of rotatable bonds is 4. The van der Waals surface area contributed by atoms with Gasteiger partial charge in [0.15, 0.2) is 17.5 Å². The van der Waals surface area contributed by atoms with Crippen LogP contribution in [0.25, 0.3) is 0 Å². The Bertz CT molecular complexity index is 431. The zero-order valence-corrected chi connectivity index (χ0v) is 9.48. The van der Waals surface area contributed by atoms with Gasteiger partial charge in [-0.25, -0.2) is 4.79 Å². The van der Waals surface area contributed by atoms with Crippen LogP contribution in [0.1, 0.15) is 26.7 Å². The molecule has 1 aliphatic rings. The van der Waals surface area contributed by atoms with E-state index in [9.17, 15) is 19.2 Å². The fraction of sp³-hybridized carbons (Fsp3) is 0.455. The van der Waals surface area contributed by atoms with Crippen molar-refractivity contribution < 1.29 is 29.0 Å². The molecule has 1 unspecified atom stereocenters. The number of carboxylic acids is 1. The molecule has 1 N–H and O–H groups in total. The molecular formula is C11H12O6. The zero-order valence-electron chi connectivity index (χ0n) is 9.48. The fourth-order valence-electron chi connectivity index (χ4n) is 1.58. The van der Waals surface area contributed by atoms with Crippen LogP contribution < -0.4 is 0 Å². The first-order valence-corrected chi connectivity index (χ1v) is 5.19. The first kappa shape index (κ1) is 13.1. The van der Waals surface area contributed by atoms with E-state index in [0.29, 0.717) is 0 Å². The Morgan fingerprint density at radius 1 is 1.29 bits per heavy atom. The maximum Gasteiger partial charge on any atom is 0.342 e. The number of esters is 1. The Hall–Kier alpha value is -1.98. The average molecular weight is 240 g/mol. The van der Waals surface area contributed by atoms with E-state index in [-0.39, 0.29) is 18.6 Å². The van der Waals surface area contributed by atoms with Crippen LogP contribution in [0.5, 0.6) is 0 Å². The third-order valence-corrected chi connectivity index (χ3v) is 2.45. The highest BCUT2D eigenvalue weighted by atomic mass is 16.5. The van der Waals surface area contributed by atoms with Crippen molar-refractivity contribution in [3.63, 3.8) is 0 Å². The van der Waals surface area contributed by atoms with Crippen molar-refractivity contribution in [2.24, 2.45) is 5.92 Å². The molecule has 0 amide bonds. The number of hydrogen-bond donors (Lipinski definition) is 1. The number of carbonyl (C=O) groups excluding carboxylic acids is 3. The highest BCUT2D eigenvalue weighted by Crippen LogP contribution is 2.25. The molecule has 0 spiro atoms. The van der Waals surface area contributed by atoms with E-state index in [0.717, 1.165) is 0 Å². The quantitative estimate of drug-likeness (QED) is 0.435. The summed E-state index contributed by atoms with van der Waals surface area (Å²) in [5.41, 5.74) is -0.598. The maximum absolute atomic E-state index is 11.8. The van der Waals surface area contributed by atoms with Gasteiger partial charge in [0.1, 0.15) is 11.3 Å². The van der Waals surface area contributed by atoms with Crippen molar-refractivity contribution in [3.05, 3.63) is 11.3 Å². The average Bonchev–Trinajstić information content (AvgIpc) is 2.26. The maximum atomic E-state index is 11.8. The Balaban J connectivity index is 3.26. The largest absolute Gasteiger partial charge is 0.477 e. The van der Waals surface area contributed by atoms with Gasteiger partial charge in [-0.15, -0.1) is 0 Å². The highest BCUT2D eigenvalue weighted by Gasteiger charge is 2.44. The number of ketones is 2. The SMILES string of the molecule is CCC(=O)C1C(=O)OC(CC)=C(C(=O)O)C1=O. The normalized spacial score (nSPS) is 20.2. The molecule has 1 rings (SSSR count). The summed E-state index contributed by atoms with van der Waals surface area (Å²) in [4.78, 5) is 45.6. The predicted octanol–water partition coefficient (Wildman–Crippen LogP) is 0.456. The van der Waals surface area contributed by atoms with E-state index in [2.05, 4.69) is 0 Å². The van der Waals surface area contributed by atoms with E-state index in [1.165, 1.54) is 6.92 Å². The van der Waals surface area contributed by atoms with Gasteiger partial charge in [0.2, 0.25) is 0 Å². The monoisotopic (exact) mass is 240 g/mol. The lowest BCUT2D eigenvalue weighted by Crippen LogP contribution is -2.40. The molecule has 6 heteroatoms. The van der Waals surface area contributed by atoms with E-state index in [4.69, 9.17) is 9.84 Å². The molecule has 0 aliphatic carbocycles. The summed E-state index contributed by atoms with van der Waals surface area (Å²) < 4.78 is 4.73. The molecule has 0 saturated heterocycles. The molecule has 6 nitrogen and oxygen atoms in total. The van der Waals surface area contributed by atoms with Crippen LogP contribution in [0.4, 0.5) is 0 Å². The summed E-state index contributed by atoms with van der Waals surface area (Å²) in [6.45, 7) is 3.04. The lowest BCUT2D eigenvalue weighted by molar-refractivity contribution is -0.154. The number of cyclic esters (lactones) is 1. The molecule has 0 bridgehead atoms. The van der Waals surface area contributed by atoms with E-state index in [1.54, 1.807) is 6.92 Å². The van der Waals surface area contributed by atoms with Crippen molar-refractivity contribution in [1.29, 1.82) is 0 Å². The molecule has 0 aromatic heterocycles. The number of ether oxygens (including phenoxy) is 1. The minimum absolute atomic E-state index is 0.0279. The highest BCUT2D eigenvalue weighted by molar-refractivity contribution is 6.31. The van der Waals surface area contributed by atoms with Gasteiger partial charge in [-0.1, -0.05) is 13.8 Å². The molecule has 0 radical (unpaired) electrons. The van der Waals surface area contributed by atoms with Crippen molar-refractivity contribution >= 4 is 23.5 Å². The third-order valence-electron chi connectivity index (χ3n) is 2.45. The molecule has 1 heterocycles. The second-order valence-electron chi connectivity index (χ2n) is 3.50. The summed E-state index contributed by atoms with van der Waals surface area (Å²) in [6, 6.07) is 0. The molecule has 92 valence electrons. The summed E-state index contributed by atoms with van der Waals surface area (Å²) >= 11 is 0. The van der Waals surface area contributed by atoms with Gasteiger partial charge < -0.3 is 9.84 Å². The van der Waals surface area contributed by atoms with Gasteiger partial charge in [-0.3, -0.25) is 14.4 Å². The number of Topliss-reactive ketones (excluding diaryl/α,β-unsaturated/α-hetero) is 2. The van der Waals surface area contributed by atoms with E-state index < -0.39 is 35.0 Å². The van der Waals surface area contributed by atoms with E-state index >= 15 is 0 Å². The minimum atomic E-state index is -1.62. The molecule has 17 heavy (non-hydrogen) atoms. The predicted molar refractivity (Wildman–Crippen MR) is 54.8 cm³/mol. The van der Waals surface area contributed by atoms with Crippen LogP contribution in [0.2, 0.25) is 0 Å². The number of carbonyl (C=O) groups is 4. The summed E-state index contributed by atoms with van der Waals surface area (Å²) in [7, 11) is 0. The molecule has 0 aromatic carbocycles. The molecule has 0 saturated carbocycles. The van der Waals surface area contributed by atoms with Gasteiger partial charge in [0.25, 0.3) is 0 Å². The molecule has 1 atom stereocenters. The molecule has 0 fully saturated rings. The van der Waals surface area contributed by atoms with Gasteiger partial charge in [-0.05, 0) is 0 Å². The number of allylic oxidation sites excluding steroid dienone is 1. The van der Waals surface area contributed by atoms with Crippen LogP contribution >= 0.6 is 0 Å². The zero-order chi connectivity index (χ0) is 13.2. The molecule has 1 aliphatic heterocycles. The summed E-state index contributed by atoms with van der Waals surface area (Å²) in [6.07, 6.45) is 0.0754. The van der Waals surface area contributed by atoms with Crippen molar-refractivity contribution in [2.45, 2.75) is 26.7 Å². The first-order chi connectivity index (χ1) is 7.93. The van der Waals surface area contributed by atoms with Gasteiger partial charge in [-0.2, -0.15) is 0 Å². The van der Waals surface area contributed by atoms with Crippen LogP contribution in [0.15, 0.2) is 11.3 Å². The van der Waals surface area contributed by atoms with Crippen molar-refractivity contribution in [3.8, 4) is 0 Å². The second kappa shape index (κ2) is 4.90. The van der Waals surface area contributed by atoms with Gasteiger partial charge in [0.05, 0.1) is 0 Å². The first-order valence-electron chi connectivity index (χ1n) is 5.19. The van der Waals surface area contributed by atoms with Gasteiger partial charge >= 0.3 is 11.9 Å². The minimum Gasteiger partial charge on any atom is -0.477 e. The Kier molecular flexibility index (Phi) is 3.77. The lowest BCUT2D eigenvalue weighted by atomic mass is 9.89. The second-order valence-corrected chi connectivity index (χ2v) is 3.50. The fourth-order valence-corrected chi connectivity index (χ4v) is 1.58. The van der Waals surface area contributed by atoms with Gasteiger partial charge in [0, 0.05) is 12.8 Å². The molecule has 0 aromatic rings. The van der Waals surface area contributed by atoms with Crippen LogP contribution in [0.3, 0.4) is 0 Å². The van der Waals surface area contributed by atoms with Crippen LogP contribution in [-0.2, 0) is 23.9 Å². The Morgan fingerprint density at radius 2 is 1.88 bits per heavy atom. The Labute approximate surface area is 97.2 Å².